The van der Waals surface area contributed by atoms with E-state index in [1.807, 2.05) is 26.0 Å². The molecule has 0 radical (unpaired) electrons. The van der Waals surface area contributed by atoms with E-state index in [4.69, 9.17) is 4.74 Å². The topological polar surface area (TPSA) is 18.5 Å². The van der Waals surface area contributed by atoms with E-state index in [0.717, 1.165) is 11.1 Å². The summed E-state index contributed by atoms with van der Waals surface area (Å²) < 4.78 is 44.7. The van der Waals surface area contributed by atoms with Gasteiger partial charge in [0.1, 0.15) is 12.4 Å². The van der Waals surface area contributed by atoms with E-state index in [2.05, 4.69) is 4.74 Å². The van der Waals surface area contributed by atoms with Gasteiger partial charge in [0.2, 0.25) is 0 Å². The fourth-order valence-corrected chi connectivity index (χ4v) is 1.13. The van der Waals surface area contributed by atoms with Crippen LogP contribution in [0.15, 0.2) is 18.2 Å². The lowest BCUT2D eigenvalue weighted by Crippen LogP contribution is -2.19. The Hall–Kier alpha value is -1.23. The van der Waals surface area contributed by atoms with Gasteiger partial charge in [0, 0.05) is 0 Å². The molecule has 0 saturated carbocycles. The minimum Gasteiger partial charge on any atom is -0.467 e. The van der Waals surface area contributed by atoms with Crippen LogP contribution in [-0.2, 0) is 4.74 Å². The first-order chi connectivity index (χ1) is 7.38. The summed E-state index contributed by atoms with van der Waals surface area (Å²) >= 11 is 0. The van der Waals surface area contributed by atoms with Crippen molar-refractivity contribution in [1.29, 1.82) is 0 Å². The van der Waals surface area contributed by atoms with Crippen LogP contribution in [0.4, 0.5) is 13.2 Å². The second-order valence-corrected chi connectivity index (χ2v) is 3.49. The van der Waals surface area contributed by atoms with Crippen LogP contribution < -0.4 is 4.74 Å². The number of rotatable bonds is 4. The maximum atomic E-state index is 11.7. The quantitative estimate of drug-likeness (QED) is 0.588. The average molecular weight is 234 g/mol. The van der Waals surface area contributed by atoms with Crippen molar-refractivity contribution in [2.24, 2.45) is 0 Å². The molecule has 1 aromatic rings. The SMILES string of the molecule is Cc1ccc(C)c(OCOCC(F)(F)F)c1. The lowest BCUT2D eigenvalue weighted by atomic mass is 10.1. The van der Waals surface area contributed by atoms with Gasteiger partial charge in [-0.1, -0.05) is 12.1 Å². The molecule has 0 N–H and O–H groups in total. The summed E-state index contributed by atoms with van der Waals surface area (Å²) in [6.45, 7) is 2.00. The lowest BCUT2D eigenvalue weighted by molar-refractivity contribution is -0.186. The molecule has 0 unspecified atom stereocenters. The Morgan fingerprint density at radius 1 is 1.19 bits per heavy atom. The molecule has 0 saturated heterocycles. The monoisotopic (exact) mass is 234 g/mol. The molecular formula is C11H13F3O2. The maximum Gasteiger partial charge on any atom is 0.411 e. The molecule has 0 spiro atoms. The van der Waals surface area contributed by atoms with Crippen LogP contribution >= 0.6 is 0 Å². The summed E-state index contributed by atoms with van der Waals surface area (Å²) in [5.74, 6) is 0.544. The Kier molecular flexibility index (Phi) is 4.18. The van der Waals surface area contributed by atoms with Gasteiger partial charge < -0.3 is 9.47 Å². The minimum absolute atomic E-state index is 0.399. The van der Waals surface area contributed by atoms with E-state index < -0.39 is 19.6 Å². The number of aryl methyl sites for hydroxylation is 2. The van der Waals surface area contributed by atoms with E-state index in [1.54, 1.807) is 6.07 Å². The fourth-order valence-electron chi connectivity index (χ4n) is 1.13. The van der Waals surface area contributed by atoms with Gasteiger partial charge in [-0.2, -0.15) is 13.2 Å². The van der Waals surface area contributed by atoms with Crippen molar-refractivity contribution in [2.45, 2.75) is 20.0 Å². The number of hydrogen-bond donors (Lipinski definition) is 0. The molecule has 0 aliphatic heterocycles. The molecule has 1 rings (SSSR count). The summed E-state index contributed by atoms with van der Waals surface area (Å²) in [6, 6.07) is 5.50. The van der Waals surface area contributed by atoms with Gasteiger partial charge in [-0.3, -0.25) is 0 Å². The minimum atomic E-state index is -4.31. The number of ether oxygens (including phenoxy) is 2. The van der Waals surface area contributed by atoms with Gasteiger partial charge in [0.25, 0.3) is 0 Å². The predicted octanol–water partition coefficient (Wildman–Crippen LogP) is 3.22. The first-order valence-corrected chi connectivity index (χ1v) is 4.73. The smallest absolute Gasteiger partial charge is 0.411 e. The Morgan fingerprint density at radius 3 is 2.50 bits per heavy atom. The summed E-state index contributed by atoms with van der Waals surface area (Å²) in [6.07, 6.45) is -4.31. The van der Waals surface area contributed by atoms with Crippen LogP contribution in [-0.4, -0.2) is 19.6 Å². The molecule has 0 atom stereocenters. The molecule has 5 heteroatoms. The van der Waals surface area contributed by atoms with Gasteiger partial charge in [0.05, 0.1) is 0 Å². The second kappa shape index (κ2) is 5.21. The van der Waals surface area contributed by atoms with Crippen molar-refractivity contribution in [3.8, 4) is 5.75 Å². The van der Waals surface area contributed by atoms with Gasteiger partial charge in [-0.25, -0.2) is 0 Å². The molecule has 0 heterocycles. The Bertz CT molecular complexity index is 348. The van der Waals surface area contributed by atoms with Crippen LogP contribution in [0.3, 0.4) is 0 Å². The van der Waals surface area contributed by atoms with Crippen molar-refractivity contribution >= 4 is 0 Å². The van der Waals surface area contributed by atoms with Crippen molar-refractivity contribution in [2.75, 3.05) is 13.4 Å². The van der Waals surface area contributed by atoms with Crippen molar-refractivity contribution in [3.63, 3.8) is 0 Å². The molecule has 0 aromatic heterocycles. The highest BCUT2D eigenvalue weighted by atomic mass is 19.4. The molecule has 2 nitrogen and oxygen atoms in total. The second-order valence-electron chi connectivity index (χ2n) is 3.49. The molecule has 16 heavy (non-hydrogen) atoms. The summed E-state index contributed by atoms with van der Waals surface area (Å²) in [4.78, 5) is 0. The Balaban J connectivity index is 2.40. The first kappa shape index (κ1) is 12.8. The van der Waals surface area contributed by atoms with Crippen molar-refractivity contribution in [3.05, 3.63) is 29.3 Å². The van der Waals surface area contributed by atoms with Crippen LogP contribution in [0.2, 0.25) is 0 Å². The highest BCUT2D eigenvalue weighted by molar-refractivity contribution is 5.35. The third-order valence-electron chi connectivity index (χ3n) is 1.91. The molecular weight excluding hydrogens is 221 g/mol. The maximum absolute atomic E-state index is 11.7. The lowest BCUT2D eigenvalue weighted by Gasteiger charge is -2.11. The van der Waals surface area contributed by atoms with Crippen LogP contribution in [0.25, 0.3) is 0 Å². The fraction of sp³-hybridized carbons (Fsp3) is 0.455. The molecule has 0 amide bonds. The predicted molar refractivity (Wildman–Crippen MR) is 53.4 cm³/mol. The standard InChI is InChI=1S/C11H13F3O2/c1-8-3-4-9(2)10(5-8)16-7-15-6-11(12,13)14/h3-5H,6-7H2,1-2H3. The summed E-state index contributed by atoms with van der Waals surface area (Å²) in [5.41, 5.74) is 1.85. The van der Waals surface area contributed by atoms with E-state index in [9.17, 15) is 13.2 Å². The van der Waals surface area contributed by atoms with E-state index in [-0.39, 0.29) is 0 Å². The van der Waals surface area contributed by atoms with Crippen LogP contribution in [0.5, 0.6) is 5.75 Å². The Labute approximate surface area is 92.0 Å². The zero-order valence-corrected chi connectivity index (χ0v) is 9.10. The molecule has 0 fully saturated rings. The third-order valence-corrected chi connectivity index (χ3v) is 1.91. The average Bonchev–Trinajstić information content (AvgIpc) is 2.16. The number of benzene rings is 1. The largest absolute Gasteiger partial charge is 0.467 e. The van der Waals surface area contributed by atoms with Crippen LogP contribution in [0.1, 0.15) is 11.1 Å². The molecule has 0 aliphatic rings. The number of hydrogen-bond acceptors (Lipinski definition) is 2. The summed E-state index contributed by atoms with van der Waals surface area (Å²) in [7, 11) is 0. The van der Waals surface area contributed by atoms with E-state index in [1.165, 1.54) is 0 Å². The molecule has 90 valence electrons. The highest BCUT2D eigenvalue weighted by Gasteiger charge is 2.27. The molecule has 0 aliphatic carbocycles. The zero-order chi connectivity index (χ0) is 12.2. The normalized spacial score (nSPS) is 11.6. The Morgan fingerprint density at radius 2 is 1.88 bits per heavy atom. The van der Waals surface area contributed by atoms with E-state index >= 15 is 0 Å². The summed E-state index contributed by atoms with van der Waals surface area (Å²) in [5, 5.41) is 0. The third kappa shape index (κ3) is 4.53. The number of halogens is 3. The molecule has 1 aromatic carbocycles. The van der Waals surface area contributed by atoms with Crippen LogP contribution in [0, 0.1) is 13.8 Å². The zero-order valence-electron chi connectivity index (χ0n) is 9.10. The number of alkyl halides is 3. The first-order valence-electron chi connectivity index (χ1n) is 4.73. The van der Waals surface area contributed by atoms with Gasteiger partial charge >= 0.3 is 6.18 Å². The van der Waals surface area contributed by atoms with Gasteiger partial charge in [0.15, 0.2) is 6.79 Å². The van der Waals surface area contributed by atoms with E-state index in [0.29, 0.717) is 5.75 Å². The molecule has 0 bridgehead atoms. The van der Waals surface area contributed by atoms with Gasteiger partial charge in [-0.05, 0) is 31.0 Å². The highest BCUT2D eigenvalue weighted by Crippen LogP contribution is 2.19. The van der Waals surface area contributed by atoms with Crippen molar-refractivity contribution < 1.29 is 22.6 Å². The van der Waals surface area contributed by atoms with Gasteiger partial charge in [-0.15, -0.1) is 0 Å². The van der Waals surface area contributed by atoms with Crippen molar-refractivity contribution in [1.82, 2.24) is 0 Å².